The van der Waals surface area contributed by atoms with E-state index in [2.05, 4.69) is 6.92 Å². The number of esters is 1. The first-order chi connectivity index (χ1) is 16.2. The van der Waals surface area contributed by atoms with Crippen molar-refractivity contribution in [2.45, 2.75) is 104 Å². The zero-order chi connectivity index (χ0) is 27.7. The van der Waals surface area contributed by atoms with E-state index in [0.717, 1.165) is 12.8 Å². The Balaban J connectivity index is -0.000000557. The smallest absolute Gasteiger partial charge is 0.317 e. The van der Waals surface area contributed by atoms with Crippen molar-refractivity contribution in [1.29, 1.82) is 0 Å². The molecular weight excluding hydrogens is 450 g/mol. The lowest BCUT2D eigenvalue weighted by atomic mass is 10.1. The topological polar surface area (TPSA) is 133 Å². The van der Waals surface area contributed by atoms with E-state index in [9.17, 15) is 19.5 Å². The summed E-state index contributed by atoms with van der Waals surface area (Å²) in [6.45, 7) is 4.35. The van der Waals surface area contributed by atoms with Crippen LogP contribution in [0.3, 0.4) is 0 Å². The fourth-order valence-electron chi connectivity index (χ4n) is 2.90. The Hall–Kier alpha value is -1.71. The molecule has 0 aromatic heterocycles. The summed E-state index contributed by atoms with van der Waals surface area (Å²) >= 11 is 0. The van der Waals surface area contributed by atoms with Gasteiger partial charge >= 0.3 is 11.9 Å². The Morgan fingerprint density at radius 1 is 0.886 bits per heavy atom. The van der Waals surface area contributed by atoms with Crippen molar-refractivity contribution in [2.75, 3.05) is 48.3 Å². The van der Waals surface area contributed by atoms with Crippen LogP contribution in [0.5, 0.6) is 0 Å². The van der Waals surface area contributed by atoms with E-state index in [1.54, 1.807) is 40.1 Å². The lowest BCUT2D eigenvalue weighted by Crippen LogP contribution is -2.45. The van der Waals surface area contributed by atoms with E-state index >= 15 is 0 Å². The number of rotatable bonds is 18. The zero-order valence-corrected chi connectivity index (χ0v) is 23.6. The molecule has 0 bridgehead atoms. The number of ether oxygens (including phenoxy) is 1. The molecule has 0 aromatic rings. The summed E-state index contributed by atoms with van der Waals surface area (Å²) in [5.74, 6) is -1.93. The van der Waals surface area contributed by atoms with Gasteiger partial charge in [-0.05, 0) is 26.9 Å². The van der Waals surface area contributed by atoms with Gasteiger partial charge < -0.3 is 24.2 Å². The monoisotopic (exact) mass is 505 g/mol. The minimum absolute atomic E-state index is 0.0694. The highest BCUT2D eigenvalue weighted by Gasteiger charge is 2.07. The average Bonchev–Trinajstić information content (AvgIpc) is 2.70. The average molecular weight is 506 g/mol. The molecule has 0 aliphatic heterocycles. The molecule has 0 fully saturated rings. The van der Waals surface area contributed by atoms with E-state index in [-0.39, 0.29) is 19.1 Å². The van der Waals surface area contributed by atoms with Gasteiger partial charge in [-0.1, -0.05) is 78.1 Å². The van der Waals surface area contributed by atoms with Gasteiger partial charge in [0.05, 0.1) is 33.7 Å². The number of nitrogens with zero attached hydrogens (tertiary/aromatic N) is 2. The van der Waals surface area contributed by atoms with Crippen LogP contribution in [-0.2, 0) is 19.1 Å². The first-order valence-electron chi connectivity index (χ1n) is 13.1. The molecule has 1 atom stereocenters. The molecule has 0 heterocycles. The summed E-state index contributed by atoms with van der Waals surface area (Å²) in [5, 5.41) is 17.9. The predicted octanol–water partition coefficient (Wildman–Crippen LogP) is 3.00. The van der Waals surface area contributed by atoms with Crippen LogP contribution in [0.1, 0.15) is 97.3 Å². The van der Waals surface area contributed by atoms with Crippen molar-refractivity contribution in [3.63, 3.8) is 0 Å². The van der Waals surface area contributed by atoms with Crippen LogP contribution >= 0.6 is 0 Å². The van der Waals surface area contributed by atoms with E-state index in [4.69, 9.17) is 15.6 Å². The highest BCUT2D eigenvalue weighted by molar-refractivity contribution is 5.69. The van der Waals surface area contributed by atoms with Crippen LogP contribution in [0.2, 0.25) is 0 Å². The molecule has 0 rings (SSSR count). The van der Waals surface area contributed by atoms with Crippen molar-refractivity contribution in [3.05, 3.63) is 0 Å². The minimum atomic E-state index is -1.00. The number of carbonyl (C=O) groups excluding carboxylic acids is 2. The Bertz CT molecular complexity index is 522. The number of hydrogen-bond acceptors (Lipinski definition) is 7. The summed E-state index contributed by atoms with van der Waals surface area (Å²) in [4.78, 5) is 32.6. The number of carboxylic acid groups (broad SMARTS) is 2. The first-order valence-corrected chi connectivity index (χ1v) is 13.1. The Morgan fingerprint density at radius 2 is 1.31 bits per heavy atom. The molecule has 0 aromatic carbocycles. The second kappa shape index (κ2) is 25.4. The molecule has 0 spiro atoms. The highest BCUT2D eigenvalue weighted by Crippen LogP contribution is 2.12. The number of nitrogens with two attached hydrogens (primary N) is 1. The third kappa shape index (κ3) is 42.9. The fraction of sp³-hybridized carbons (Fsp3) is 0.885. The van der Waals surface area contributed by atoms with Gasteiger partial charge in [-0.3, -0.25) is 20.2 Å². The van der Waals surface area contributed by atoms with Gasteiger partial charge in [0.25, 0.3) is 0 Å². The summed E-state index contributed by atoms with van der Waals surface area (Å²) in [5.41, 5.74) is 5.56. The maximum absolute atomic E-state index is 11.4. The van der Waals surface area contributed by atoms with Crippen molar-refractivity contribution < 1.29 is 33.8 Å². The second-order valence-electron chi connectivity index (χ2n) is 10.2. The molecule has 1 unspecified atom stereocenters. The van der Waals surface area contributed by atoms with Gasteiger partial charge in [0.1, 0.15) is 6.54 Å². The van der Waals surface area contributed by atoms with Gasteiger partial charge in [-0.2, -0.15) is 0 Å². The molecule has 9 heteroatoms. The summed E-state index contributed by atoms with van der Waals surface area (Å²) in [6, 6.07) is 0. The van der Waals surface area contributed by atoms with Gasteiger partial charge in [0, 0.05) is 6.42 Å². The third-order valence-electron chi connectivity index (χ3n) is 4.72. The number of aliphatic carboxylic acids is 2. The molecule has 210 valence electrons. The largest absolute Gasteiger partial charge is 0.544 e. The number of unbranched alkanes of at least 4 members (excludes halogenated alkanes) is 10. The van der Waals surface area contributed by atoms with Crippen LogP contribution in [-0.4, -0.2) is 87.0 Å². The number of hydrogen-bond donors (Lipinski definition) is 2. The van der Waals surface area contributed by atoms with Crippen LogP contribution in [0, 0.1) is 0 Å². The van der Waals surface area contributed by atoms with Crippen LogP contribution in [0.25, 0.3) is 0 Å². The zero-order valence-electron chi connectivity index (χ0n) is 23.6. The summed E-state index contributed by atoms with van der Waals surface area (Å²) in [6.07, 6.45) is 15.0. The molecule has 0 aliphatic rings. The number of carboxylic acids is 2. The van der Waals surface area contributed by atoms with Crippen molar-refractivity contribution >= 4 is 17.9 Å². The van der Waals surface area contributed by atoms with Gasteiger partial charge in [-0.15, -0.1) is 0 Å². The maximum atomic E-state index is 11.4. The molecule has 0 amide bonds. The van der Waals surface area contributed by atoms with Crippen LogP contribution < -0.4 is 10.8 Å². The second-order valence-corrected chi connectivity index (χ2v) is 10.2. The van der Waals surface area contributed by atoms with Crippen molar-refractivity contribution in [2.24, 2.45) is 5.73 Å². The van der Waals surface area contributed by atoms with Crippen molar-refractivity contribution in [3.8, 4) is 0 Å². The first kappa shape index (κ1) is 37.8. The minimum Gasteiger partial charge on any atom is -0.544 e. The SMILES string of the molecule is CCCCCCCCCCCCCC(=O)OC(N)CC.CN(C)CC(=O)O.C[N+](C)(C)CC(=O)[O-]. The van der Waals surface area contributed by atoms with E-state index < -0.39 is 18.2 Å². The van der Waals surface area contributed by atoms with E-state index in [1.807, 2.05) is 6.92 Å². The maximum Gasteiger partial charge on any atom is 0.317 e. The normalized spacial score (nSPS) is 11.6. The van der Waals surface area contributed by atoms with Crippen LogP contribution in [0.15, 0.2) is 0 Å². The highest BCUT2D eigenvalue weighted by atomic mass is 16.6. The Morgan fingerprint density at radius 3 is 1.57 bits per heavy atom. The van der Waals surface area contributed by atoms with Crippen LogP contribution in [0.4, 0.5) is 0 Å². The molecule has 3 N–H and O–H groups in total. The van der Waals surface area contributed by atoms with Gasteiger partial charge in [-0.25, -0.2) is 0 Å². The Kier molecular flexibility index (Phi) is 27.4. The molecule has 0 saturated heterocycles. The lowest BCUT2D eigenvalue weighted by molar-refractivity contribution is -0.864. The third-order valence-corrected chi connectivity index (χ3v) is 4.72. The molecule has 35 heavy (non-hydrogen) atoms. The number of quaternary nitrogens is 1. The lowest BCUT2D eigenvalue weighted by Gasteiger charge is -2.23. The van der Waals surface area contributed by atoms with Gasteiger partial charge in [0.2, 0.25) is 0 Å². The molecule has 0 aliphatic carbocycles. The molecule has 0 saturated carbocycles. The molecule has 0 radical (unpaired) electrons. The van der Waals surface area contributed by atoms with Gasteiger partial charge in [0.15, 0.2) is 6.23 Å². The standard InChI is InChI=1S/C17H35NO2.C5H11NO2.C4H9NO2/c1-3-5-6-7-8-9-10-11-12-13-14-15-17(19)20-16(18)4-2;1-6(2,3)4-5(7)8;1-5(2)3-4(6)7/h16H,3-15,18H2,1-2H3;4H2,1-3H3;3H2,1-2H3,(H,6,7). The fourth-order valence-corrected chi connectivity index (χ4v) is 2.90. The number of likely N-dealkylation sites (N-methyl/N-ethyl adjacent to an activating group) is 2. The molecular formula is C26H55N3O6. The van der Waals surface area contributed by atoms with Crippen molar-refractivity contribution in [1.82, 2.24) is 4.90 Å². The molecule has 9 nitrogen and oxygen atoms in total. The quantitative estimate of drug-likeness (QED) is 0.126. The van der Waals surface area contributed by atoms with E-state index in [0.29, 0.717) is 17.3 Å². The Labute approximate surface area is 214 Å². The summed E-state index contributed by atoms with van der Waals surface area (Å²) < 4.78 is 5.45. The predicted molar refractivity (Wildman–Crippen MR) is 140 cm³/mol. The number of carbonyl (C=O) groups is 3. The summed E-state index contributed by atoms with van der Waals surface area (Å²) in [7, 11) is 8.84. The van der Waals surface area contributed by atoms with E-state index in [1.165, 1.54) is 57.8 Å².